The highest BCUT2D eigenvalue weighted by Crippen LogP contribution is 2.42. The van der Waals surface area contributed by atoms with Crippen molar-refractivity contribution in [1.82, 2.24) is 0 Å². The van der Waals surface area contributed by atoms with Crippen LogP contribution < -0.4 is 0 Å². The van der Waals surface area contributed by atoms with Crippen LogP contribution in [0.3, 0.4) is 0 Å². The molecule has 0 bridgehead atoms. The van der Waals surface area contributed by atoms with Crippen LogP contribution in [-0.4, -0.2) is 15.4 Å². The molecule has 0 heterocycles. The summed E-state index contributed by atoms with van der Waals surface area (Å²) in [6, 6.07) is 31.2. The molecule has 4 aromatic carbocycles. The van der Waals surface area contributed by atoms with Gasteiger partial charge in [-0.15, -0.1) is 0 Å². The summed E-state index contributed by atoms with van der Waals surface area (Å²) >= 11 is 7.16. The van der Waals surface area contributed by atoms with Crippen molar-refractivity contribution in [3.63, 3.8) is 0 Å². The maximum Gasteiger partial charge on any atom is 0.174 e. The third-order valence-corrected chi connectivity index (χ3v) is 8.26. The molecule has 0 saturated heterocycles. The van der Waals surface area contributed by atoms with Crippen molar-refractivity contribution in [2.75, 3.05) is 0 Å². The SMILES string of the molecule is Cc1ccc(S(=O)[C@](Cl)(c2ccc3ccccc3c2)[C@@H](O)CCc2ccccc2)cc1. The minimum atomic E-state index is -1.66. The third-order valence-electron chi connectivity index (χ3n) is 5.63. The highest BCUT2D eigenvalue weighted by atomic mass is 35.5. The van der Waals surface area contributed by atoms with Gasteiger partial charge < -0.3 is 5.11 Å². The van der Waals surface area contributed by atoms with Crippen molar-refractivity contribution in [3.8, 4) is 0 Å². The minimum absolute atomic E-state index is 0.401. The molecule has 0 spiro atoms. The molecule has 0 aliphatic heterocycles. The van der Waals surface area contributed by atoms with E-state index in [0.29, 0.717) is 23.3 Å². The molecule has 0 aliphatic carbocycles. The molecule has 0 aliphatic rings. The molecule has 1 N–H and O–H groups in total. The van der Waals surface area contributed by atoms with E-state index in [1.54, 1.807) is 0 Å². The molecule has 31 heavy (non-hydrogen) atoms. The number of alkyl halides is 1. The molecule has 0 fully saturated rings. The van der Waals surface area contributed by atoms with Crippen molar-refractivity contribution in [1.29, 1.82) is 0 Å². The standard InChI is InChI=1S/C27H25ClO2S/c1-20-11-16-25(17-12-20)31(30)27(28,26(29)18-13-21-7-3-2-4-8-21)24-15-14-22-9-5-6-10-23(22)19-24/h2-12,14-17,19,26,29H,13,18H2,1H3/t26-,27+,31?/m0/s1. The molecule has 0 radical (unpaired) electrons. The third kappa shape index (κ3) is 4.59. The van der Waals surface area contributed by atoms with Crippen molar-refractivity contribution >= 4 is 33.2 Å². The van der Waals surface area contributed by atoms with Gasteiger partial charge in [0.1, 0.15) is 0 Å². The largest absolute Gasteiger partial charge is 0.390 e. The lowest BCUT2D eigenvalue weighted by Crippen LogP contribution is -2.39. The van der Waals surface area contributed by atoms with Crippen LogP contribution in [0.5, 0.6) is 0 Å². The Morgan fingerprint density at radius 3 is 2.23 bits per heavy atom. The van der Waals surface area contributed by atoms with Crippen LogP contribution in [0.25, 0.3) is 10.8 Å². The van der Waals surface area contributed by atoms with Crippen molar-refractivity contribution in [2.45, 2.75) is 35.0 Å². The first kappa shape index (κ1) is 21.8. The van der Waals surface area contributed by atoms with Crippen molar-refractivity contribution in [2.24, 2.45) is 0 Å². The first-order valence-corrected chi connectivity index (χ1v) is 11.9. The molecule has 4 heteroatoms. The van der Waals surface area contributed by atoms with E-state index in [1.165, 1.54) is 0 Å². The molecule has 3 atom stereocenters. The van der Waals surface area contributed by atoms with Crippen LogP contribution >= 0.6 is 11.6 Å². The van der Waals surface area contributed by atoms with Crippen LogP contribution in [0.1, 0.15) is 23.1 Å². The lowest BCUT2D eigenvalue weighted by atomic mass is 9.98. The smallest absolute Gasteiger partial charge is 0.174 e. The zero-order valence-corrected chi connectivity index (χ0v) is 18.9. The summed E-state index contributed by atoms with van der Waals surface area (Å²) in [5, 5.41) is 13.4. The second kappa shape index (κ2) is 9.35. The Labute approximate surface area is 191 Å². The summed E-state index contributed by atoms with van der Waals surface area (Å²) in [6.45, 7) is 1.98. The molecule has 0 saturated carbocycles. The molecule has 4 rings (SSSR count). The number of fused-ring (bicyclic) bond motifs is 1. The highest BCUT2D eigenvalue weighted by molar-refractivity contribution is 7.87. The van der Waals surface area contributed by atoms with Gasteiger partial charge in [-0.2, -0.15) is 0 Å². The topological polar surface area (TPSA) is 37.3 Å². The summed E-state index contributed by atoms with van der Waals surface area (Å²) in [5.41, 5.74) is 2.85. The van der Waals surface area contributed by atoms with Crippen LogP contribution in [0.2, 0.25) is 0 Å². The lowest BCUT2D eigenvalue weighted by molar-refractivity contribution is 0.146. The van der Waals surface area contributed by atoms with Gasteiger partial charge in [-0.3, -0.25) is 4.21 Å². The number of hydrogen-bond donors (Lipinski definition) is 1. The van der Waals surface area contributed by atoms with Gasteiger partial charge in [0.2, 0.25) is 0 Å². The van der Waals surface area contributed by atoms with Gasteiger partial charge in [0.05, 0.1) is 16.9 Å². The van der Waals surface area contributed by atoms with E-state index in [-0.39, 0.29) is 0 Å². The van der Waals surface area contributed by atoms with Crippen LogP contribution in [0.4, 0.5) is 0 Å². The van der Waals surface area contributed by atoms with Gasteiger partial charge in [-0.05, 0) is 59.9 Å². The highest BCUT2D eigenvalue weighted by Gasteiger charge is 2.44. The first-order valence-electron chi connectivity index (χ1n) is 10.4. The maximum atomic E-state index is 13.8. The minimum Gasteiger partial charge on any atom is -0.390 e. The Morgan fingerprint density at radius 1 is 0.871 bits per heavy atom. The van der Waals surface area contributed by atoms with E-state index in [9.17, 15) is 9.32 Å². The Hall–Kier alpha value is -2.46. The maximum absolute atomic E-state index is 13.8. The number of benzene rings is 4. The van der Waals surface area contributed by atoms with Crippen molar-refractivity contribution in [3.05, 3.63) is 114 Å². The number of rotatable bonds is 7. The molecular weight excluding hydrogens is 424 g/mol. The van der Waals surface area contributed by atoms with Gasteiger partial charge in [0, 0.05) is 4.90 Å². The Balaban J connectivity index is 1.74. The van der Waals surface area contributed by atoms with Crippen LogP contribution in [-0.2, 0) is 21.4 Å². The molecule has 2 nitrogen and oxygen atoms in total. The Morgan fingerprint density at radius 2 is 1.52 bits per heavy atom. The molecule has 0 amide bonds. The van der Waals surface area contributed by atoms with E-state index in [2.05, 4.69) is 0 Å². The predicted octanol–water partition coefficient (Wildman–Crippen LogP) is 6.34. The summed E-state index contributed by atoms with van der Waals surface area (Å²) in [5.74, 6) is 0. The number of hydrogen-bond acceptors (Lipinski definition) is 2. The van der Waals surface area contributed by atoms with Gasteiger partial charge in [0.15, 0.2) is 4.21 Å². The van der Waals surface area contributed by atoms with Crippen molar-refractivity contribution < 1.29 is 9.32 Å². The van der Waals surface area contributed by atoms with Gasteiger partial charge in [-0.25, -0.2) is 0 Å². The summed E-state index contributed by atoms with van der Waals surface area (Å²) in [6.07, 6.45) is 0.0466. The van der Waals surface area contributed by atoms with E-state index >= 15 is 0 Å². The molecule has 158 valence electrons. The zero-order valence-electron chi connectivity index (χ0n) is 17.4. The fourth-order valence-corrected chi connectivity index (χ4v) is 5.72. The summed E-state index contributed by atoms with van der Waals surface area (Å²) in [4.78, 5) is 0.604. The fourth-order valence-electron chi connectivity index (χ4n) is 3.79. The van der Waals surface area contributed by atoms with E-state index in [4.69, 9.17) is 11.6 Å². The number of aryl methyl sites for hydroxylation is 2. The van der Waals surface area contributed by atoms with Crippen LogP contribution in [0, 0.1) is 6.92 Å². The summed E-state index contributed by atoms with van der Waals surface area (Å²) < 4.78 is 12.3. The average Bonchev–Trinajstić information content (AvgIpc) is 2.82. The first-order chi connectivity index (χ1) is 15.0. The van der Waals surface area contributed by atoms with Gasteiger partial charge in [-0.1, -0.05) is 96.0 Å². The van der Waals surface area contributed by atoms with Gasteiger partial charge >= 0.3 is 0 Å². The number of halogens is 1. The zero-order chi connectivity index (χ0) is 21.8. The summed E-state index contributed by atoms with van der Waals surface area (Å²) in [7, 11) is -1.66. The predicted molar refractivity (Wildman–Crippen MR) is 130 cm³/mol. The Kier molecular flexibility index (Phi) is 6.57. The fraction of sp³-hybridized carbons (Fsp3) is 0.185. The van der Waals surface area contributed by atoms with E-state index < -0.39 is 21.1 Å². The molecule has 0 aromatic heterocycles. The van der Waals surface area contributed by atoms with Crippen LogP contribution in [0.15, 0.2) is 102 Å². The van der Waals surface area contributed by atoms with Gasteiger partial charge in [0.25, 0.3) is 0 Å². The normalized spacial score (nSPS) is 15.3. The second-order valence-corrected chi connectivity index (χ2v) is 10.3. The van der Waals surface area contributed by atoms with E-state index in [0.717, 1.165) is 21.9 Å². The number of aliphatic hydroxyl groups excluding tert-OH is 1. The monoisotopic (exact) mass is 448 g/mol. The Bertz CT molecular complexity index is 1190. The van der Waals surface area contributed by atoms with E-state index in [1.807, 2.05) is 104 Å². The molecule has 1 unspecified atom stereocenters. The average molecular weight is 449 g/mol. The quantitative estimate of drug-likeness (QED) is 0.335. The lowest BCUT2D eigenvalue weighted by Gasteiger charge is -2.32. The molecular formula is C27H25ClO2S. The number of aliphatic hydroxyl groups is 1. The second-order valence-electron chi connectivity index (χ2n) is 7.83. The molecule has 4 aromatic rings.